The highest BCUT2D eigenvalue weighted by Crippen LogP contribution is 2.17. The molecule has 1 aliphatic heterocycles. The van der Waals surface area contributed by atoms with Gasteiger partial charge in [0.1, 0.15) is 5.82 Å². The summed E-state index contributed by atoms with van der Waals surface area (Å²) in [5.74, 6) is 0.281. The predicted molar refractivity (Wildman–Crippen MR) is 70.0 cm³/mol. The highest BCUT2D eigenvalue weighted by molar-refractivity contribution is 5.90. The van der Waals surface area contributed by atoms with Crippen LogP contribution in [0.2, 0.25) is 0 Å². The lowest BCUT2D eigenvalue weighted by Crippen LogP contribution is -2.15. The Balaban J connectivity index is 1.80. The molecule has 1 aromatic carbocycles. The molecule has 0 radical (unpaired) electrons. The summed E-state index contributed by atoms with van der Waals surface area (Å²) in [7, 11) is 0. The molecular weight excluding hydrogens is 231 g/mol. The Morgan fingerprint density at radius 2 is 2.39 bits per heavy atom. The molecule has 0 aliphatic carbocycles. The van der Waals surface area contributed by atoms with E-state index >= 15 is 0 Å². The molecule has 18 heavy (non-hydrogen) atoms. The molecule has 0 bridgehead atoms. The van der Waals surface area contributed by atoms with Crippen molar-refractivity contribution in [3.63, 3.8) is 0 Å². The molecule has 0 aromatic heterocycles. The molecule has 1 aliphatic rings. The van der Waals surface area contributed by atoms with Gasteiger partial charge in [0.15, 0.2) is 0 Å². The van der Waals surface area contributed by atoms with Crippen LogP contribution in [0.3, 0.4) is 0 Å². The van der Waals surface area contributed by atoms with Crippen LogP contribution >= 0.6 is 0 Å². The molecule has 0 spiro atoms. The van der Waals surface area contributed by atoms with Gasteiger partial charge >= 0.3 is 0 Å². The second-order valence-corrected chi connectivity index (χ2v) is 4.91. The van der Waals surface area contributed by atoms with Crippen LogP contribution in [0.25, 0.3) is 0 Å². The molecule has 0 saturated carbocycles. The van der Waals surface area contributed by atoms with E-state index in [2.05, 4.69) is 10.6 Å². The summed E-state index contributed by atoms with van der Waals surface area (Å²) in [6, 6.07) is 4.77. The SMILES string of the molecule is Cc1ccc(NC(=O)CCC2CCNC2)cc1F. The molecule has 1 unspecified atom stereocenters. The molecule has 1 aromatic rings. The standard InChI is InChI=1S/C14H19FN2O/c1-10-2-4-12(8-13(10)15)17-14(18)5-3-11-6-7-16-9-11/h2,4,8,11,16H,3,5-7,9H2,1H3,(H,17,18). The fourth-order valence-electron chi connectivity index (χ4n) is 2.19. The number of halogens is 1. The zero-order valence-corrected chi connectivity index (χ0v) is 10.6. The third-order valence-electron chi connectivity index (χ3n) is 3.40. The Morgan fingerprint density at radius 3 is 3.06 bits per heavy atom. The van der Waals surface area contributed by atoms with Crippen LogP contribution in [-0.4, -0.2) is 19.0 Å². The largest absolute Gasteiger partial charge is 0.326 e. The molecular formula is C14H19FN2O. The molecule has 1 amide bonds. The van der Waals surface area contributed by atoms with Crippen molar-refractivity contribution < 1.29 is 9.18 Å². The van der Waals surface area contributed by atoms with Crippen LogP contribution in [-0.2, 0) is 4.79 Å². The Kier molecular flexibility index (Phi) is 4.31. The Labute approximate surface area is 107 Å². The summed E-state index contributed by atoms with van der Waals surface area (Å²) >= 11 is 0. The molecule has 1 heterocycles. The van der Waals surface area contributed by atoms with E-state index in [1.807, 2.05) is 0 Å². The maximum absolute atomic E-state index is 13.3. The number of amides is 1. The first kappa shape index (κ1) is 13.0. The second kappa shape index (κ2) is 5.96. The van der Waals surface area contributed by atoms with Crippen molar-refractivity contribution in [1.82, 2.24) is 5.32 Å². The summed E-state index contributed by atoms with van der Waals surface area (Å²) in [5.41, 5.74) is 1.12. The van der Waals surface area contributed by atoms with E-state index in [0.29, 0.717) is 23.6 Å². The lowest BCUT2D eigenvalue weighted by molar-refractivity contribution is -0.116. The zero-order chi connectivity index (χ0) is 13.0. The molecule has 3 nitrogen and oxygen atoms in total. The van der Waals surface area contributed by atoms with Crippen molar-refractivity contribution in [3.8, 4) is 0 Å². The highest BCUT2D eigenvalue weighted by atomic mass is 19.1. The van der Waals surface area contributed by atoms with Gasteiger partial charge in [-0.15, -0.1) is 0 Å². The van der Waals surface area contributed by atoms with Gasteiger partial charge in [-0.1, -0.05) is 6.07 Å². The summed E-state index contributed by atoms with van der Waals surface area (Å²) in [4.78, 5) is 11.7. The van der Waals surface area contributed by atoms with Gasteiger partial charge in [-0.05, 0) is 56.5 Å². The van der Waals surface area contributed by atoms with Crippen molar-refractivity contribution in [2.75, 3.05) is 18.4 Å². The summed E-state index contributed by atoms with van der Waals surface area (Å²) in [5, 5.41) is 6.01. The van der Waals surface area contributed by atoms with Gasteiger partial charge in [0.05, 0.1) is 0 Å². The number of aryl methyl sites for hydroxylation is 1. The Morgan fingerprint density at radius 1 is 1.56 bits per heavy atom. The molecule has 2 N–H and O–H groups in total. The molecule has 1 fully saturated rings. The number of hydrogen-bond acceptors (Lipinski definition) is 2. The maximum atomic E-state index is 13.3. The summed E-state index contributed by atoms with van der Waals surface area (Å²) in [6.07, 6.45) is 2.54. The number of rotatable bonds is 4. The van der Waals surface area contributed by atoms with Crippen LogP contribution in [0.5, 0.6) is 0 Å². The number of carbonyl (C=O) groups excluding carboxylic acids is 1. The fourth-order valence-corrected chi connectivity index (χ4v) is 2.19. The Hall–Kier alpha value is -1.42. The van der Waals surface area contributed by atoms with Crippen molar-refractivity contribution in [2.24, 2.45) is 5.92 Å². The molecule has 98 valence electrons. The minimum atomic E-state index is -0.284. The van der Waals surface area contributed by atoms with E-state index in [4.69, 9.17) is 0 Å². The average Bonchev–Trinajstić information content (AvgIpc) is 2.84. The highest BCUT2D eigenvalue weighted by Gasteiger charge is 2.15. The number of anilines is 1. The first-order valence-corrected chi connectivity index (χ1v) is 6.42. The summed E-state index contributed by atoms with van der Waals surface area (Å²) in [6.45, 7) is 3.76. The van der Waals surface area contributed by atoms with Gasteiger partial charge in [-0.2, -0.15) is 0 Å². The number of nitrogens with one attached hydrogen (secondary N) is 2. The Bertz CT molecular complexity index is 428. The van der Waals surface area contributed by atoms with Crippen molar-refractivity contribution in [2.45, 2.75) is 26.2 Å². The predicted octanol–water partition coefficient (Wildman–Crippen LogP) is 2.46. The van der Waals surface area contributed by atoms with E-state index in [-0.39, 0.29) is 11.7 Å². The van der Waals surface area contributed by atoms with Gasteiger partial charge in [0, 0.05) is 12.1 Å². The van der Waals surface area contributed by atoms with E-state index in [1.54, 1.807) is 19.1 Å². The van der Waals surface area contributed by atoms with Crippen LogP contribution in [0.15, 0.2) is 18.2 Å². The van der Waals surface area contributed by atoms with Crippen molar-refractivity contribution in [1.29, 1.82) is 0 Å². The van der Waals surface area contributed by atoms with Gasteiger partial charge in [0.2, 0.25) is 5.91 Å². The second-order valence-electron chi connectivity index (χ2n) is 4.91. The summed E-state index contributed by atoms with van der Waals surface area (Å²) < 4.78 is 13.3. The van der Waals surface area contributed by atoms with Gasteiger partial charge in [-0.3, -0.25) is 4.79 Å². The first-order chi connectivity index (χ1) is 8.65. The van der Waals surface area contributed by atoms with Crippen molar-refractivity contribution >= 4 is 11.6 Å². The van der Waals surface area contributed by atoms with Crippen LogP contribution in [0, 0.1) is 18.7 Å². The third-order valence-corrected chi connectivity index (χ3v) is 3.40. The maximum Gasteiger partial charge on any atom is 0.224 e. The van der Waals surface area contributed by atoms with Crippen LogP contribution in [0.4, 0.5) is 10.1 Å². The quantitative estimate of drug-likeness (QED) is 0.862. The topological polar surface area (TPSA) is 41.1 Å². The van der Waals surface area contributed by atoms with Crippen LogP contribution < -0.4 is 10.6 Å². The number of benzene rings is 1. The lowest BCUT2D eigenvalue weighted by atomic mass is 10.0. The zero-order valence-electron chi connectivity index (χ0n) is 10.6. The monoisotopic (exact) mass is 250 g/mol. The minimum Gasteiger partial charge on any atom is -0.326 e. The van der Waals surface area contributed by atoms with E-state index < -0.39 is 0 Å². The third kappa shape index (κ3) is 3.53. The average molecular weight is 250 g/mol. The first-order valence-electron chi connectivity index (χ1n) is 6.42. The number of carbonyl (C=O) groups is 1. The molecule has 2 rings (SSSR count). The van der Waals surface area contributed by atoms with Gasteiger partial charge in [-0.25, -0.2) is 4.39 Å². The van der Waals surface area contributed by atoms with Crippen LogP contribution in [0.1, 0.15) is 24.8 Å². The molecule has 1 atom stereocenters. The molecule has 1 saturated heterocycles. The lowest BCUT2D eigenvalue weighted by Gasteiger charge is -2.09. The normalized spacial score (nSPS) is 18.9. The molecule has 4 heteroatoms. The smallest absolute Gasteiger partial charge is 0.224 e. The van der Waals surface area contributed by atoms with E-state index in [1.165, 1.54) is 6.07 Å². The fraction of sp³-hybridized carbons (Fsp3) is 0.500. The van der Waals surface area contributed by atoms with E-state index in [0.717, 1.165) is 25.9 Å². The number of hydrogen-bond donors (Lipinski definition) is 2. The van der Waals surface area contributed by atoms with Gasteiger partial charge in [0.25, 0.3) is 0 Å². The van der Waals surface area contributed by atoms with Crippen molar-refractivity contribution in [3.05, 3.63) is 29.6 Å². The van der Waals surface area contributed by atoms with E-state index in [9.17, 15) is 9.18 Å². The minimum absolute atomic E-state index is 0.0369. The van der Waals surface area contributed by atoms with Gasteiger partial charge < -0.3 is 10.6 Å².